The third-order valence-electron chi connectivity index (χ3n) is 2.38. The van der Waals surface area contributed by atoms with E-state index in [0.29, 0.717) is 52.1 Å². The van der Waals surface area contributed by atoms with Crippen molar-refractivity contribution in [3.63, 3.8) is 0 Å². The highest BCUT2D eigenvalue weighted by molar-refractivity contribution is 5.77. The number of carbonyl (C=O) groups is 1. The monoisotopic (exact) mass is 299 g/mol. The smallest absolute Gasteiger partial charge is 0.222 e. The average molecular weight is 299 g/mol. The van der Waals surface area contributed by atoms with Gasteiger partial charge in [0.1, 0.15) is 6.61 Å². The second-order valence-corrected chi connectivity index (χ2v) is 5.20. The first-order chi connectivity index (χ1) is 10.0. The maximum atomic E-state index is 11.2. The Morgan fingerprint density at radius 1 is 0.952 bits per heavy atom. The summed E-state index contributed by atoms with van der Waals surface area (Å²) in [5.41, 5.74) is 0. The molecule has 0 saturated heterocycles. The van der Waals surface area contributed by atoms with E-state index in [-0.39, 0.29) is 11.8 Å². The van der Waals surface area contributed by atoms with Gasteiger partial charge in [-0.2, -0.15) is 0 Å². The number of amides is 1. The SMILES string of the molecule is CC(C)C#CCOCCOCCOCCNC(=O)C(C)C. The Bertz CT molecular complexity index is 318. The van der Waals surface area contributed by atoms with Crippen LogP contribution in [0, 0.1) is 23.7 Å². The molecule has 0 bridgehead atoms. The van der Waals surface area contributed by atoms with Gasteiger partial charge in [0, 0.05) is 18.4 Å². The number of hydrogen-bond donors (Lipinski definition) is 1. The molecule has 0 aliphatic heterocycles. The van der Waals surface area contributed by atoms with E-state index < -0.39 is 0 Å². The van der Waals surface area contributed by atoms with Crippen molar-refractivity contribution in [2.45, 2.75) is 27.7 Å². The van der Waals surface area contributed by atoms with E-state index in [1.54, 1.807) is 0 Å². The summed E-state index contributed by atoms with van der Waals surface area (Å²) in [6.07, 6.45) is 0. The molecule has 0 spiro atoms. The maximum absolute atomic E-state index is 11.2. The fourth-order valence-electron chi connectivity index (χ4n) is 1.26. The van der Waals surface area contributed by atoms with Crippen molar-refractivity contribution < 1.29 is 19.0 Å². The number of carbonyl (C=O) groups excluding carboxylic acids is 1. The van der Waals surface area contributed by atoms with Gasteiger partial charge in [0.2, 0.25) is 5.91 Å². The van der Waals surface area contributed by atoms with E-state index in [2.05, 4.69) is 17.2 Å². The van der Waals surface area contributed by atoms with Crippen LogP contribution in [0.4, 0.5) is 0 Å². The standard InChI is InChI=1S/C16H29NO4/c1-14(2)6-5-8-19-10-12-21-13-11-20-9-7-17-16(18)15(3)4/h14-15H,7-13H2,1-4H3,(H,17,18). The zero-order valence-corrected chi connectivity index (χ0v) is 13.7. The first-order valence-corrected chi connectivity index (χ1v) is 7.53. The number of ether oxygens (including phenoxy) is 3. The van der Waals surface area contributed by atoms with E-state index in [1.807, 2.05) is 27.7 Å². The van der Waals surface area contributed by atoms with Gasteiger partial charge in [0.05, 0.1) is 33.0 Å². The van der Waals surface area contributed by atoms with Crippen LogP contribution in [0.5, 0.6) is 0 Å². The van der Waals surface area contributed by atoms with Crippen LogP contribution in [0.15, 0.2) is 0 Å². The van der Waals surface area contributed by atoms with E-state index in [4.69, 9.17) is 14.2 Å². The van der Waals surface area contributed by atoms with Crippen LogP contribution in [0.25, 0.3) is 0 Å². The lowest BCUT2D eigenvalue weighted by Crippen LogP contribution is -2.31. The molecule has 0 aromatic rings. The van der Waals surface area contributed by atoms with Gasteiger partial charge in [-0.3, -0.25) is 4.79 Å². The van der Waals surface area contributed by atoms with Gasteiger partial charge in [-0.25, -0.2) is 0 Å². The normalized spacial score (nSPS) is 10.6. The molecule has 5 heteroatoms. The van der Waals surface area contributed by atoms with Crippen molar-refractivity contribution in [3.05, 3.63) is 0 Å². The summed E-state index contributed by atoms with van der Waals surface area (Å²) in [6, 6.07) is 0. The molecule has 0 saturated carbocycles. The van der Waals surface area contributed by atoms with E-state index in [1.165, 1.54) is 0 Å². The molecule has 1 amide bonds. The van der Waals surface area contributed by atoms with Gasteiger partial charge in [-0.15, -0.1) is 0 Å². The summed E-state index contributed by atoms with van der Waals surface area (Å²) in [7, 11) is 0. The minimum Gasteiger partial charge on any atom is -0.377 e. The maximum Gasteiger partial charge on any atom is 0.222 e. The predicted molar refractivity (Wildman–Crippen MR) is 82.9 cm³/mol. The molecule has 0 fully saturated rings. The average Bonchev–Trinajstić information content (AvgIpc) is 2.43. The second kappa shape index (κ2) is 13.9. The molecule has 21 heavy (non-hydrogen) atoms. The van der Waals surface area contributed by atoms with Crippen molar-refractivity contribution in [2.24, 2.45) is 11.8 Å². The molecule has 1 N–H and O–H groups in total. The molecule has 0 radical (unpaired) electrons. The number of rotatable bonds is 11. The summed E-state index contributed by atoms with van der Waals surface area (Å²) in [6.45, 7) is 11.4. The fourth-order valence-corrected chi connectivity index (χ4v) is 1.26. The summed E-state index contributed by atoms with van der Waals surface area (Å²) in [4.78, 5) is 11.2. The lowest BCUT2D eigenvalue weighted by molar-refractivity contribution is -0.124. The molecule has 0 unspecified atom stereocenters. The molecule has 0 aliphatic rings. The highest BCUT2D eigenvalue weighted by Crippen LogP contribution is 1.89. The zero-order chi connectivity index (χ0) is 15.9. The Kier molecular flexibility index (Phi) is 13.2. The fraction of sp³-hybridized carbons (Fsp3) is 0.812. The number of nitrogens with one attached hydrogen (secondary N) is 1. The van der Waals surface area contributed by atoms with Crippen LogP contribution in [0.1, 0.15) is 27.7 Å². The van der Waals surface area contributed by atoms with Crippen molar-refractivity contribution in [2.75, 3.05) is 46.2 Å². The lowest BCUT2D eigenvalue weighted by Gasteiger charge is -2.08. The molecule has 5 nitrogen and oxygen atoms in total. The Morgan fingerprint density at radius 3 is 2.10 bits per heavy atom. The van der Waals surface area contributed by atoms with Crippen LogP contribution in [0.2, 0.25) is 0 Å². The van der Waals surface area contributed by atoms with Crippen LogP contribution in [0.3, 0.4) is 0 Å². The highest BCUT2D eigenvalue weighted by Gasteiger charge is 2.04. The van der Waals surface area contributed by atoms with Gasteiger partial charge in [0.25, 0.3) is 0 Å². The van der Waals surface area contributed by atoms with Gasteiger partial charge >= 0.3 is 0 Å². The van der Waals surface area contributed by atoms with Gasteiger partial charge < -0.3 is 19.5 Å². The lowest BCUT2D eigenvalue weighted by atomic mass is 10.2. The zero-order valence-electron chi connectivity index (χ0n) is 13.7. The van der Waals surface area contributed by atoms with Crippen molar-refractivity contribution >= 4 is 5.91 Å². The van der Waals surface area contributed by atoms with Gasteiger partial charge in [0.15, 0.2) is 0 Å². The van der Waals surface area contributed by atoms with Crippen molar-refractivity contribution in [1.29, 1.82) is 0 Å². The summed E-state index contributed by atoms with van der Waals surface area (Å²) in [5, 5.41) is 2.78. The second-order valence-electron chi connectivity index (χ2n) is 5.20. The molecule has 0 aromatic carbocycles. The highest BCUT2D eigenvalue weighted by atomic mass is 16.5. The van der Waals surface area contributed by atoms with Crippen LogP contribution < -0.4 is 5.32 Å². The third-order valence-corrected chi connectivity index (χ3v) is 2.38. The summed E-state index contributed by atoms with van der Waals surface area (Å²) < 4.78 is 16.0. The molecule has 0 heterocycles. The quantitative estimate of drug-likeness (QED) is 0.464. The van der Waals surface area contributed by atoms with Crippen molar-refractivity contribution in [3.8, 4) is 11.8 Å². The molecule has 0 aliphatic carbocycles. The predicted octanol–water partition coefficient (Wildman–Crippen LogP) is 1.47. The molecule has 0 rings (SSSR count). The van der Waals surface area contributed by atoms with E-state index in [9.17, 15) is 4.79 Å². The van der Waals surface area contributed by atoms with Crippen molar-refractivity contribution in [1.82, 2.24) is 5.32 Å². The van der Waals surface area contributed by atoms with Crippen LogP contribution in [-0.4, -0.2) is 52.1 Å². The van der Waals surface area contributed by atoms with E-state index >= 15 is 0 Å². The first-order valence-electron chi connectivity index (χ1n) is 7.53. The third kappa shape index (κ3) is 15.1. The summed E-state index contributed by atoms with van der Waals surface area (Å²) >= 11 is 0. The number of hydrogen-bond acceptors (Lipinski definition) is 4. The van der Waals surface area contributed by atoms with Crippen LogP contribution in [-0.2, 0) is 19.0 Å². The Hall–Kier alpha value is -1.09. The van der Waals surface area contributed by atoms with Crippen LogP contribution >= 0.6 is 0 Å². The molecule has 0 aromatic heterocycles. The van der Waals surface area contributed by atoms with Gasteiger partial charge in [-0.1, -0.05) is 39.5 Å². The largest absolute Gasteiger partial charge is 0.377 e. The first kappa shape index (κ1) is 19.9. The molecule has 122 valence electrons. The van der Waals surface area contributed by atoms with Gasteiger partial charge in [-0.05, 0) is 0 Å². The Labute approximate surface area is 128 Å². The Morgan fingerprint density at radius 2 is 1.52 bits per heavy atom. The molecular weight excluding hydrogens is 270 g/mol. The summed E-state index contributed by atoms with van der Waals surface area (Å²) in [5.74, 6) is 6.41. The molecular formula is C16H29NO4. The minimum atomic E-state index is 0.0126. The topological polar surface area (TPSA) is 56.8 Å². The Balaban J connectivity index is 3.17. The van der Waals surface area contributed by atoms with E-state index in [0.717, 1.165) is 0 Å². The minimum absolute atomic E-state index is 0.0126. The molecule has 0 atom stereocenters.